The van der Waals surface area contributed by atoms with Crippen LogP contribution in [0.5, 0.6) is 0 Å². The Balaban J connectivity index is 0.00000225. The van der Waals surface area contributed by atoms with Crippen LogP contribution in [0.3, 0.4) is 0 Å². The van der Waals surface area contributed by atoms with Gasteiger partial charge in [0.2, 0.25) is 10.0 Å². The normalized spacial score (nSPS) is 19.9. The molecule has 1 amide bonds. The van der Waals surface area contributed by atoms with Gasteiger partial charge in [-0.3, -0.25) is 4.79 Å². The zero-order chi connectivity index (χ0) is 17.4. The van der Waals surface area contributed by atoms with Crippen LogP contribution in [0.1, 0.15) is 29.6 Å². The van der Waals surface area contributed by atoms with Gasteiger partial charge in [-0.15, -0.1) is 12.4 Å². The lowest BCUT2D eigenvalue weighted by Gasteiger charge is -2.38. The van der Waals surface area contributed by atoms with Gasteiger partial charge < -0.3 is 10.2 Å². The number of sulfonamides is 1. The van der Waals surface area contributed by atoms with E-state index in [1.165, 1.54) is 37.0 Å². The Kier molecular flexibility index (Phi) is 6.14. The highest BCUT2D eigenvalue weighted by molar-refractivity contribution is 7.89. The second-order valence-electron chi connectivity index (χ2n) is 7.03. The van der Waals surface area contributed by atoms with Crippen molar-refractivity contribution in [2.45, 2.75) is 24.2 Å². The fourth-order valence-electron chi connectivity index (χ4n) is 3.57. The first-order valence-corrected chi connectivity index (χ1v) is 9.81. The molecule has 2 aliphatic heterocycles. The number of hydrogen-bond acceptors (Lipinski definition) is 4. The fourth-order valence-corrected chi connectivity index (χ4v) is 4.47. The van der Waals surface area contributed by atoms with E-state index >= 15 is 0 Å². The predicted octanol–water partition coefficient (Wildman–Crippen LogP) is 1.57. The number of carbonyl (C=O) groups is 1. The number of carbonyl (C=O) groups excluding carboxylic acids is 1. The minimum atomic E-state index is -3.46. The second kappa shape index (κ2) is 7.61. The van der Waals surface area contributed by atoms with Crippen LogP contribution in [0, 0.1) is 5.41 Å². The molecule has 8 heteroatoms. The molecule has 0 saturated carbocycles. The van der Waals surface area contributed by atoms with E-state index in [4.69, 9.17) is 0 Å². The first-order chi connectivity index (χ1) is 11.3. The molecular weight excluding hydrogens is 362 g/mol. The van der Waals surface area contributed by atoms with E-state index < -0.39 is 10.0 Å². The van der Waals surface area contributed by atoms with Gasteiger partial charge in [0.25, 0.3) is 5.91 Å². The van der Waals surface area contributed by atoms with Crippen LogP contribution in [-0.4, -0.2) is 63.8 Å². The summed E-state index contributed by atoms with van der Waals surface area (Å²) >= 11 is 0. The van der Waals surface area contributed by atoms with Crippen molar-refractivity contribution in [3.05, 3.63) is 29.8 Å². The number of likely N-dealkylation sites (tertiary alicyclic amines) is 1. The number of nitrogens with one attached hydrogen (secondary N) is 1. The topological polar surface area (TPSA) is 69.7 Å². The fraction of sp³-hybridized carbons (Fsp3) is 0.588. The molecule has 2 heterocycles. The third kappa shape index (κ3) is 4.00. The maximum absolute atomic E-state index is 12.6. The van der Waals surface area contributed by atoms with Crippen molar-refractivity contribution in [1.82, 2.24) is 14.5 Å². The molecule has 1 aromatic carbocycles. The Bertz CT molecular complexity index is 703. The van der Waals surface area contributed by atoms with Crippen LogP contribution in [0.4, 0.5) is 0 Å². The lowest BCUT2D eigenvalue weighted by molar-refractivity contribution is 0.0607. The van der Waals surface area contributed by atoms with E-state index in [9.17, 15) is 13.2 Å². The molecule has 3 rings (SSSR count). The van der Waals surface area contributed by atoms with Gasteiger partial charge in [-0.25, -0.2) is 12.7 Å². The lowest BCUT2D eigenvalue weighted by Crippen LogP contribution is -2.44. The van der Waals surface area contributed by atoms with Crippen LogP contribution in [-0.2, 0) is 10.0 Å². The van der Waals surface area contributed by atoms with Crippen LogP contribution in [0.2, 0.25) is 0 Å². The molecule has 140 valence electrons. The Morgan fingerprint density at radius 1 is 1.12 bits per heavy atom. The van der Waals surface area contributed by atoms with Gasteiger partial charge >= 0.3 is 0 Å². The Labute approximate surface area is 156 Å². The SMILES string of the molecule is CN(C)S(=O)(=O)c1ccc(C(=O)N2CCC3(CCNC3)CC2)cc1.Cl. The molecule has 0 aromatic heterocycles. The van der Waals surface area contributed by atoms with E-state index in [0.717, 1.165) is 39.0 Å². The summed E-state index contributed by atoms with van der Waals surface area (Å²) in [5, 5.41) is 3.42. The summed E-state index contributed by atoms with van der Waals surface area (Å²) in [6, 6.07) is 6.24. The summed E-state index contributed by atoms with van der Waals surface area (Å²) in [7, 11) is -0.466. The standard InChI is InChI=1S/C17H25N3O3S.ClH/c1-19(2)24(22,23)15-5-3-14(4-6-15)16(21)20-11-8-17(9-12-20)7-10-18-13-17;/h3-6,18H,7-13H2,1-2H3;1H. The van der Waals surface area contributed by atoms with E-state index in [0.29, 0.717) is 11.0 Å². The molecule has 1 N–H and O–H groups in total. The van der Waals surface area contributed by atoms with E-state index in [1.54, 1.807) is 12.1 Å². The lowest BCUT2D eigenvalue weighted by atomic mass is 9.78. The highest BCUT2D eigenvalue weighted by Gasteiger charge is 2.38. The van der Waals surface area contributed by atoms with E-state index in [2.05, 4.69) is 5.32 Å². The molecule has 1 aromatic rings. The zero-order valence-corrected chi connectivity index (χ0v) is 16.3. The molecular formula is C17H26ClN3O3S. The van der Waals surface area contributed by atoms with E-state index in [-0.39, 0.29) is 23.2 Å². The number of nitrogens with zero attached hydrogens (tertiary/aromatic N) is 2. The molecule has 0 atom stereocenters. The summed E-state index contributed by atoms with van der Waals surface area (Å²) in [5.74, 6) is -0.00962. The predicted molar refractivity (Wildman–Crippen MR) is 99.6 cm³/mol. The maximum Gasteiger partial charge on any atom is 0.253 e. The first kappa shape index (κ1) is 20.2. The summed E-state index contributed by atoms with van der Waals surface area (Å²) < 4.78 is 25.3. The van der Waals surface area contributed by atoms with Crippen molar-refractivity contribution < 1.29 is 13.2 Å². The summed E-state index contributed by atoms with van der Waals surface area (Å²) in [4.78, 5) is 14.7. The van der Waals surface area contributed by atoms with Gasteiger partial charge in [0.05, 0.1) is 4.90 Å². The van der Waals surface area contributed by atoms with Crippen LogP contribution in [0.25, 0.3) is 0 Å². The zero-order valence-electron chi connectivity index (χ0n) is 14.7. The highest BCUT2D eigenvalue weighted by atomic mass is 35.5. The highest BCUT2D eigenvalue weighted by Crippen LogP contribution is 2.37. The van der Waals surface area contributed by atoms with E-state index in [1.807, 2.05) is 4.90 Å². The monoisotopic (exact) mass is 387 g/mol. The number of piperidine rings is 1. The second-order valence-corrected chi connectivity index (χ2v) is 9.18. The van der Waals surface area contributed by atoms with Crippen molar-refractivity contribution in [3.8, 4) is 0 Å². The molecule has 25 heavy (non-hydrogen) atoms. The first-order valence-electron chi connectivity index (χ1n) is 8.37. The van der Waals surface area contributed by atoms with Gasteiger partial charge in [0.1, 0.15) is 0 Å². The third-order valence-electron chi connectivity index (χ3n) is 5.32. The maximum atomic E-state index is 12.6. The molecule has 0 unspecified atom stereocenters. The Morgan fingerprint density at radius 2 is 1.72 bits per heavy atom. The van der Waals surface area contributed by atoms with Crippen molar-refractivity contribution in [2.24, 2.45) is 5.41 Å². The smallest absolute Gasteiger partial charge is 0.253 e. The molecule has 0 bridgehead atoms. The van der Waals surface area contributed by atoms with Gasteiger partial charge in [0.15, 0.2) is 0 Å². The molecule has 2 aliphatic rings. The largest absolute Gasteiger partial charge is 0.339 e. The molecule has 0 aliphatic carbocycles. The van der Waals surface area contributed by atoms with Crippen molar-refractivity contribution in [3.63, 3.8) is 0 Å². The number of hydrogen-bond donors (Lipinski definition) is 1. The number of rotatable bonds is 3. The molecule has 2 fully saturated rings. The summed E-state index contributed by atoms with van der Waals surface area (Å²) in [5.41, 5.74) is 0.925. The van der Waals surface area contributed by atoms with Gasteiger partial charge in [0, 0.05) is 39.3 Å². The van der Waals surface area contributed by atoms with Crippen LogP contribution >= 0.6 is 12.4 Å². The quantitative estimate of drug-likeness (QED) is 0.854. The van der Waals surface area contributed by atoms with Crippen LogP contribution < -0.4 is 5.32 Å². The minimum Gasteiger partial charge on any atom is -0.339 e. The number of amides is 1. The van der Waals surface area contributed by atoms with Crippen molar-refractivity contribution >= 4 is 28.3 Å². The van der Waals surface area contributed by atoms with Crippen molar-refractivity contribution in [2.75, 3.05) is 40.3 Å². The average Bonchev–Trinajstić information content (AvgIpc) is 3.03. The minimum absolute atomic E-state index is 0. The Morgan fingerprint density at radius 3 is 2.20 bits per heavy atom. The molecule has 6 nitrogen and oxygen atoms in total. The van der Waals surface area contributed by atoms with Gasteiger partial charge in [-0.2, -0.15) is 0 Å². The molecule has 2 saturated heterocycles. The number of benzene rings is 1. The third-order valence-corrected chi connectivity index (χ3v) is 7.15. The number of halogens is 1. The Hall–Kier alpha value is -1.15. The average molecular weight is 388 g/mol. The van der Waals surface area contributed by atoms with Gasteiger partial charge in [-0.05, 0) is 55.5 Å². The summed E-state index contributed by atoms with van der Waals surface area (Å²) in [6.07, 6.45) is 3.28. The molecule has 1 spiro atoms. The molecule has 0 radical (unpaired) electrons. The van der Waals surface area contributed by atoms with Gasteiger partial charge in [-0.1, -0.05) is 0 Å². The van der Waals surface area contributed by atoms with Crippen molar-refractivity contribution in [1.29, 1.82) is 0 Å². The summed E-state index contributed by atoms with van der Waals surface area (Å²) in [6.45, 7) is 3.69. The van der Waals surface area contributed by atoms with Crippen LogP contribution in [0.15, 0.2) is 29.2 Å².